The van der Waals surface area contributed by atoms with Crippen molar-refractivity contribution in [1.29, 1.82) is 0 Å². The zero-order valence-corrected chi connectivity index (χ0v) is 13.3. The summed E-state index contributed by atoms with van der Waals surface area (Å²) in [7, 11) is 1.63. The molecule has 0 unspecified atom stereocenters. The van der Waals surface area contributed by atoms with E-state index in [0.29, 0.717) is 21.3 Å². The number of rotatable bonds is 2. The van der Waals surface area contributed by atoms with Gasteiger partial charge in [-0.2, -0.15) is 0 Å². The van der Waals surface area contributed by atoms with Gasteiger partial charge in [-0.25, -0.2) is 0 Å². The Bertz CT molecular complexity index is 782. The first-order valence-electron chi connectivity index (χ1n) is 6.25. The van der Waals surface area contributed by atoms with Crippen LogP contribution < -0.4 is 10.9 Å². The van der Waals surface area contributed by atoms with E-state index in [1.165, 1.54) is 10.6 Å². The van der Waals surface area contributed by atoms with Gasteiger partial charge in [-0.1, -0.05) is 23.2 Å². The number of aryl methyl sites for hydroxylation is 2. The zero-order valence-electron chi connectivity index (χ0n) is 11.8. The number of anilines is 1. The lowest BCUT2D eigenvalue weighted by Gasteiger charge is -2.12. The Kier molecular flexibility index (Phi) is 4.40. The highest BCUT2D eigenvalue weighted by Gasteiger charge is 2.17. The van der Waals surface area contributed by atoms with E-state index in [0.717, 1.165) is 5.69 Å². The predicted octanol–water partition coefficient (Wildman–Crippen LogP) is 3.56. The average Bonchev–Trinajstić information content (AvgIpc) is 2.40. The van der Waals surface area contributed by atoms with Gasteiger partial charge in [-0.05, 0) is 43.7 Å². The van der Waals surface area contributed by atoms with Crippen LogP contribution >= 0.6 is 23.2 Å². The SMILES string of the molecule is Cc1cc(C)n(C)c(=O)c1C(=O)Nc1cc(Cl)ccc1Cl. The number of hydrogen-bond acceptors (Lipinski definition) is 2. The number of nitrogens with one attached hydrogen (secondary N) is 1. The summed E-state index contributed by atoms with van der Waals surface area (Å²) in [5.41, 5.74) is 1.53. The molecule has 1 N–H and O–H groups in total. The molecule has 0 atom stereocenters. The number of nitrogens with zero attached hydrogens (tertiary/aromatic N) is 1. The van der Waals surface area contributed by atoms with Crippen LogP contribution in [0.15, 0.2) is 29.1 Å². The monoisotopic (exact) mass is 324 g/mol. The fourth-order valence-corrected chi connectivity index (χ4v) is 2.37. The Hall–Kier alpha value is -1.78. The quantitative estimate of drug-likeness (QED) is 0.918. The topological polar surface area (TPSA) is 51.1 Å². The van der Waals surface area contributed by atoms with E-state index in [4.69, 9.17) is 23.2 Å². The molecule has 0 bridgehead atoms. The Morgan fingerprint density at radius 2 is 1.86 bits per heavy atom. The van der Waals surface area contributed by atoms with Crippen LogP contribution in [0.25, 0.3) is 0 Å². The zero-order chi connectivity index (χ0) is 15.7. The number of amides is 1. The molecule has 1 aromatic heterocycles. The molecule has 0 radical (unpaired) electrons. The van der Waals surface area contributed by atoms with Crippen LogP contribution in [0, 0.1) is 13.8 Å². The lowest BCUT2D eigenvalue weighted by Crippen LogP contribution is -2.30. The molecular formula is C15H14Cl2N2O2. The van der Waals surface area contributed by atoms with Crippen LogP contribution in [-0.2, 0) is 7.05 Å². The summed E-state index contributed by atoms with van der Waals surface area (Å²) < 4.78 is 1.43. The maximum Gasteiger partial charge on any atom is 0.263 e. The van der Waals surface area contributed by atoms with Crippen LogP contribution in [0.5, 0.6) is 0 Å². The average molecular weight is 325 g/mol. The van der Waals surface area contributed by atoms with E-state index in [-0.39, 0.29) is 11.1 Å². The summed E-state index contributed by atoms with van der Waals surface area (Å²) >= 11 is 11.9. The van der Waals surface area contributed by atoms with Crippen molar-refractivity contribution in [2.24, 2.45) is 7.05 Å². The first-order chi connectivity index (χ1) is 9.81. The van der Waals surface area contributed by atoms with E-state index in [1.807, 2.05) is 6.92 Å². The summed E-state index contributed by atoms with van der Waals surface area (Å²) in [5.74, 6) is -0.503. The van der Waals surface area contributed by atoms with Crippen molar-refractivity contribution in [2.75, 3.05) is 5.32 Å². The highest BCUT2D eigenvalue weighted by atomic mass is 35.5. The maximum atomic E-state index is 12.4. The molecule has 21 heavy (non-hydrogen) atoms. The molecule has 1 aromatic carbocycles. The van der Waals surface area contributed by atoms with Crippen molar-refractivity contribution in [3.8, 4) is 0 Å². The molecule has 0 saturated heterocycles. The minimum absolute atomic E-state index is 0.0964. The molecular weight excluding hydrogens is 311 g/mol. The van der Waals surface area contributed by atoms with Crippen molar-refractivity contribution in [3.05, 3.63) is 61.5 Å². The Balaban J connectivity index is 2.44. The van der Waals surface area contributed by atoms with Crippen molar-refractivity contribution in [1.82, 2.24) is 4.57 Å². The van der Waals surface area contributed by atoms with Crippen LogP contribution in [0.1, 0.15) is 21.6 Å². The molecule has 0 saturated carbocycles. The second-order valence-corrected chi connectivity index (χ2v) is 5.63. The lowest BCUT2D eigenvalue weighted by atomic mass is 10.1. The van der Waals surface area contributed by atoms with Gasteiger partial charge in [0.05, 0.1) is 10.7 Å². The standard InChI is InChI=1S/C15H14Cl2N2O2/c1-8-6-9(2)19(3)15(21)13(8)14(20)18-12-7-10(16)4-5-11(12)17/h4-7H,1-3H3,(H,18,20). The normalized spacial score (nSPS) is 10.5. The number of carbonyl (C=O) groups excluding carboxylic acids is 1. The summed E-state index contributed by atoms with van der Waals surface area (Å²) in [5, 5.41) is 3.43. The van der Waals surface area contributed by atoms with Crippen molar-refractivity contribution < 1.29 is 4.79 Å². The molecule has 6 heteroatoms. The minimum atomic E-state index is -0.503. The lowest BCUT2D eigenvalue weighted by molar-refractivity contribution is 0.102. The molecule has 1 heterocycles. The van der Waals surface area contributed by atoms with Gasteiger partial charge < -0.3 is 9.88 Å². The van der Waals surface area contributed by atoms with Gasteiger partial charge in [-0.3, -0.25) is 9.59 Å². The van der Waals surface area contributed by atoms with Crippen molar-refractivity contribution >= 4 is 34.8 Å². The smallest absolute Gasteiger partial charge is 0.263 e. The van der Waals surface area contributed by atoms with E-state index < -0.39 is 5.91 Å². The third-order valence-electron chi connectivity index (χ3n) is 3.27. The molecule has 0 spiro atoms. The summed E-state index contributed by atoms with van der Waals surface area (Å²) in [4.78, 5) is 24.6. The number of aromatic nitrogens is 1. The van der Waals surface area contributed by atoms with Gasteiger partial charge in [0.15, 0.2) is 0 Å². The van der Waals surface area contributed by atoms with E-state index >= 15 is 0 Å². The van der Waals surface area contributed by atoms with Gasteiger partial charge in [0.1, 0.15) is 5.56 Å². The van der Waals surface area contributed by atoms with Gasteiger partial charge in [-0.15, -0.1) is 0 Å². The number of pyridine rings is 1. The fraction of sp³-hybridized carbons (Fsp3) is 0.200. The predicted molar refractivity (Wildman–Crippen MR) is 85.6 cm³/mol. The minimum Gasteiger partial charge on any atom is -0.320 e. The Labute approximate surface area is 132 Å². The number of carbonyl (C=O) groups is 1. The van der Waals surface area contributed by atoms with Crippen molar-refractivity contribution in [2.45, 2.75) is 13.8 Å². The van der Waals surface area contributed by atoms with Crippen LogP contribution in [0.4, 0.5) is 5.69 Å². The number of hydrogen-bond donors (Lipinski definition) is 1. The molecule has 0 aliphatic rings. The van der Waals surface area contributed by atoms with Gasteiger partial charge in [0.25, 0.3) is 11.5 Å². The van der Waals surface area contributed by atoms with E-state index in [9.17, 15) is 9.59 Å². The highest BCUT2D eigenvalue weighted by Crippen LogP contribution is 2.25. The first-order valence-corrected chi connectivity index (χ1v) is 7.00. The summed E-state index contributed by atoms with van der Waals surface area (Å²) in [6.07, 6.45) is 0. The highest BCUT2D eigenvalue weighted by molar-refractivity contribution is 6.35. The third-order valence-corrected chi connectivity index (χ3v) is 3.84. The summed E-state index contributed by atoms with van der Waals surface area (Å²) in [6.45, 7) is 3.53. The fourth-order valence-electron chi connectivity index (χ4n) is 2.03. The molecule has 0 aliphatic heterocycles. The van der Waals surface area contributed by atoms with Gasteiger partial charge in [0, 0.05) is 17.8 Å². The number of halogens is 2. The molecule has 2 aromatic rings. The molecule has 4 nitrogen and oxygen atoms in total. The first kappa shape index (κ1) is 15.6. The number of benzene rings is 1. The van der Waals surface area contributed by atoms with Gasteiger partial charge in [0.2, 0.25) is 0 Å². The van der Waals surface area contributed by atoms with Crippen LogP contribution in [-0.4, -0.2) is 10.5 Å². The van der Waals surface area contributed by atoms with Gasteiger partial charge >= 0.3 is 0 Å². The second kappa shape index (κ2) is 5.92. The molecule has 2 rings (SSSR count). The molecule has 1 amide bonds. The van der Waals surface area contributed by atoms with E-state index in [1.54, 1.807) is 32.2 Å². The van der Waals surface area contributed by atoms with Crippen LogP contribution in [0.2, 0.25) is 10.0 Å². The van der Waals surface area contributed by atoms with E-state index in [2.05, 4.69) is 5.32 Å². The largest absolute Gasteiger partial charge is 0.320 e. The Morgan fingerprint density at radius 3 is 2.52 bits per heavy atom. The molecule has 0 aliphatic carbocycles. The maximum absolute atomic E-state index is 12.4. The Morgan fingerprint density at radius 1 is 1.19 bits per heavy atom. The van der Waals surface area contributed by atoms with Crippen molar-refractivity contribution in [3.63, 3.8) is 0 Å². The second-order valence-electron chi connectivity index (χ2n) is 4.79. The molecule has 110 valence electrons. The van der Waals surface area contributed by atoms with Crippen LogP contribution in [0.3, 0.4) is 0 Å². The molecule has 0 fully saturated rings. The summed E-state index contributed by atoms with van der Waals surface area (Å²) in [6, 6.07) is 6.53. The third kappa shape index (κ3) is 3.12.